The van der Waals surface area contributed by atoms with Gasteiger partial charge in [-0.2, -0.15) is 0 Å². The van der Waals surface area contributed by atoms with Crippen LogP contribution in [0.4, 0.5) is 5.69 Å². The van der Waals surface area contributed by atoms with Gasteiger partial charge < -0.3 is 10.1 Å². The number of unbranched alkanes of at least 4 members (excludes halogenated alkanes) is 3. The van der Waals surface area contributed by atoms with Gasteiger partial charge in [0.1, 0.15) is 5.75 Å². The Morgan fingerprint density at radius 2 is 1.78 bits per heavy atom. The van der Waals surface area contributed by atoms with Gasteiger partial charge in [-0.3, -0.25) is 10.1 Å². The van der Waals surface area contributed by atoms with Crippen LogP contribution in [0.3, 0.4) is 0 Å². The molecule has 0 fully saturated rings. The Morgan fingerprint density at radius 3 is 2.44 bits per heavy atom. The van der Waals surface area contributed by atoms with Gasteiger partial charge in [-0.15, -0.1) is 0 Å². The molecule has 0 radical (unpaired) electrons. The molecular formula is C20H22Cl2N2O2S. The lowest BCUT2D eigenvalue weighted by molar-refractivity contribution is 0.0977. The van der Waals surface area contributed by atoms with Crippen molar-refractivity contribution >= 4 is 52.1 Å². The van der Waals surface area contributed by atoms with Crippen molar-refractivity contribution in [1.29, 1.82) is 0 Å². The zero-order valence-electron chi connectivity index (χ0n) is 15.1. The molecule has 144 valence electrons. The summed E-state index contributed by atoms with van der Waals surface area (Å²) in [6.45, 7) is 2.86. The predicted molar refractivity (Wildman–Crippen MR) is 116 cm³/mol. The molecule has 0 spiro atoms. The highest BCUT2D eigenvalue weighted by Gasteiger charge is 2.09. The van der Waals surface area contributed by atoms with Gasteiger partial charge in [-0.25, -0.2) is 0 Å². The van der Waals surface area contributed by atoms with Crippen LogP contribution in [-0.2, 0) is 0 Å². The normalized spacial score (nSPS) is 10.3. The summed E-state index contributed by atoms with van der Waals surface area (Å²) in [5.41, 5.74) is 1.13. The number of carbonyl (C=O) groups is 1. The summed E-state index contributed by atoms with van der Waals surface area (Å²) in [6.07, 6.45) is 4.62. The van der Waals surface area contributed by atoms with Crippen molar-refractivity contribution in [2.45, 2.75) is 32.6 Å². The fourth-order valence-corrected chi connectivity index (χ4v) is 2.84. The van der Waals surface area contributed by atoms with Crippen molar-refractivity contribution < 1.29 is 9.53 Å². The summed E-state index contributed by atoms with van der Waals surface area (Å²) in [5.74, 6) is 0.446. The summed E-state index contributed by atoms with van der Waals surface area (Å²) < 4.78 is 5.68. The van der Waals surface area contributed by atoms with E-state index in [1.165, 1.54) is 19.3 Å². The molecule has 2 N–H and O–H groups in total. The molecule has 2 rings (SSSR count). The Bertz CT molecular complexity index is 782. The van der Waals surface area contributed by atoms with Gasteiger partial charge in [0.2, 0.25) is 0 Å². The van der Waals surface area contributed by atoms with Crippen LogP contribution in [0.2, 0.25) is 10.0 Å². The first kappa shape index (κ1) is 21.5. The SMILES string of the molecule is CCCCCCOc1ccc(C(=O)NC(=S)Nc2ccc(Cl)c(Cl)c2)cc1. The number of benzene rings is 2. The van der Waals surface area contributed by atoms with Crippen LogP contribution in [0.25, 0.3) is 0 Å². The second-order valence-corrected chi connectivity index (χ2v) is 7.19. The number of amides is 1. The van der Waals surface area contributed by atoms with E-state index < -0.39 is 0 Å². The number of anilines is 1. The fraction of sp³-hybridized carbons (Fsp3) is 0.300. The van der Waals surface area contributed by atoms with Crippen LogP contribution in [0.15, 0.2) is 42.5 Å². The molecule has 2 aromatic rings. The second-order valence-electron chi connectivity index (χ2n) is 5.97. The van der Waals surface area contributed by atoms with Crippen molar-refractivity contribution in [1.82, 2.24) is 5.32 Å². The van der Waals surface area contributed by atoms with Gasteiger partial charge in [0.15, 0.2) is 5.11 Å². The van der Waals surface area contributed by atoms with Crippen molar-refractivity contribution in [2.24, 2.45) is 0 Å². The highest BCUT2D eigenvalue weighted by Crippen LogP contribution is 2.25. The molecule has 0 atom stereocenters. The fourth-order valence-electron chi connectivity index (χ4n) is 2.33. The number of thiocarbonyl (C=S) groups is 1. The topological polar surface area (TPSA) is 50.4 Å². The molecule has 2 aromatic carbocycles. The zero-order chi connectivity index (χ0) is 19.6. The molecule has 0 bridgehead atoms. The average molecular weight is 425 g/mol. The number of halogens is 2. The first-order chi connectivity index (χ1) is 13.0. The number of ether oxygens (including phenoxy) is 1. The second kappa shape index (κ2) is 11.1. The minimum absolute atomic E-state index is 0.176. The molecule has 0 aromatic heterocycles. The van der Waals surface area contributed by atoms with E-state index in [4.69, 9.17) is 40.2 Å². The van der Waals surface area contributed by atoms with Crippen molar-refractivity contribution in [3.63, 3.8) is 0 Å². The van der Waals surface area contributed by atoms with Gasteiger partial charge in [0, 0.05) is 11.3 Å². The Labute approximate surface area is 175 Å². The standard InChI is InChI=1S/C20H22Cl2N2O2S/c1-2-3-4-5-12-26-16-9-6-14(7-10-16)19(25)24-20(27)23-15-8-11-17(21)18(22)13-15/h6-11,13H,2-5,12H2,1H3,(H2,23,24,25,27). The maximum absolute atomic E-state index is 12.3. The van der Waals surface area contributed by atoms with Crippen LogP contribution < -0.4 is 15.4 Å². The van der Waals surface area contributed by atoms with Crippen molar-refractivity contribution in [3.05, 3.63) is 58.1 Å². The molecule has 4 nitrogen and oxygen atoms in total. The Kier molecular flexibility index (Phi) is 8.85. The van der Waals surface area contributed by atoms with Crippen LogP contribution in [-0.4, -0.2) is 17.6 Å². The van der Waals surface area contributed by atoms with E-state index in [2.05, 4.69) is 17.6 Å². The van der Waals surface area contributed by atoms with Crippen LogP contribution in [0.1, 0.15) is 43.0 Å². The average Bonchev–Trinajstić information content (AvgIpc) is 2.65. The van der Waals surface area contributed by atoms with E-state index in [1.54, 1.807) is 42.5 Å². The molecule has 27 heavy (non-hydrogen) atoms. The van der Waals surface area contributed by atoms with Gasteiger partial charge in [0.25, 0.3) is 5.91 Å². The molecule has 0 aliphatic rings. The number of carbonyl (C=O) groups excluding carboxylic acids is 1. The van der Waals surface area contributed by atoms with Gasteiger partial charge in [-0.1, -0.05) is 49.4 Å². The van der Waals surface area contributed by atoms with E-state index in [1.807, 2.05) is 0 Å². The lowest BCUT2D eigenvalue weighted by Crippen LogP contribution is -2.34. The number of rotatable bonds is 8. The molecule has 1 amide bonds. The predicted octanol–water partition coefficient (Wildman–Crippen LogP) is 6.08. The Balaban J connectivity index is 1.82. The summed E-state index contributed by atoms with van der Waals surface area (Å²) in [5, 5.41) is 6.56. The molecule has 0 heterocycles. The van der Waals surface area contributed by atoms with Gasteiger partial charge in [0.05, 0.1) is 16.7 Å². The number of nitrogens with one attached hydrogen (secondary N) is 2. The summed E-state index contributed by atoms with van der Waals surface area (Å²) >= 11 is 17.0. The molecular weight excluding hydrogens is 403 g/mol. The highest BCUT2D eigenvalue weighted by molar-refractivity contribution is 7.80. The van der Waals surface area contributed by atoms with E-state index in [0.29, 0.717) is 27.9 Å². The Morgan fingerprint density at radius 1 is 1.04 bits per heavy atom. The van der Waals surface area contributed by atoms with E-state index in [0.717, 1.165) is 12.2 Å². The lowest BCUT2D eigenvalue weighted by Gasteiger charge is -2.11. The maximum atomic E-state index is 12.3. The lowest BCUT2D eigenvalue weighted by atomic mass is 10.2. The van der Waals surface area contributed by atoms with Crippen LogP contribution in [0, 0.1) is 0 Å². The van der Waals surface area contributed by atoms with Crippen LogP contribution in [0.5, 0.6) is 5.75 Å². The van der Waals surface area contributed by atoms with E-state index in [-0.39, 0.29) is 11.0 Å². The van der Waals surface area contributed by atoms with Crippen LogP contribution >= 0.6 is 35.4 Å². The first-order valence-electron chi connectivity index (χ1n) is 8.80. The summed E-state index contributed by atoms with van der Waals surface area (Å²) in [7, 11) is 0. The minimum Gasteiger partial charge on any atom is -0.494 e. The molecule has 7 heteroatoms. The highest BCUT2D eigenvalue weighted by atomic mass is 35.5. The summed E-state index contributed by atoms with van der Waals surface area (Å²) in [6, 6.07) is 12.0. The number of hydrogen-bond acceptors (Lipinski definition) is 3. The monoisotopic (exact) mass is 424 g/mol. The third-order valence-corrected chi connectivity index (χ3v) is 4.73. The van der Waals surface area contributed by atoms with E-state index in [9.17, 15) is 4.79 Å². The molecule has 0 aliphatic carbocycles. The molecule has 0 unspecified atom stereocenters. The molecule has 0 saturated carbocycles. The van der Waals surface area contributed by atoms with Gasteiger partial charge in [-0.05, 0) is 61.1 Å². The molecule has 0 saturated heterocycles. The Hall–Kier alpha value is -1.82. The molecule has 0 aliphatic heterocycles. The summed E-state index contributed by atoms with van der Waals surface area (Å²) in [4.78, 5) is 12.3. The zero-order valence-corrected chi connectivity index (χ0v) is 17.4. The third kappa shape index (κ3) is 7.37. The first-order valence-corrected chi connectivity index (χ1v) is 9.96. The van der Waals surface area contributed by atoms with Crippen molar-refractivity contribution in [3.8, 4) is 5.75 Å². The minimum atomic E-state index is -0.304. The van der Waals surface area contributed by atoms with Gasteiger partial charge >= 0.3 is 0 Å². The smallest absolute Gasteiger partial charge is 0.257 e. The van der Waals surface area contributed by atoms with E-state index >= 15 is 0 Å². The van der Waals surface area contributed by atoms with Crippen molar-refractivity contribution in [2.75, 3.05) is 11.9 Å². The quantitative estimate of drug-likeness (QED) is 0.398. The number of hydrogen-bond donors (Lipinski definition) is 2. The largest absolute Gasteiger partial charge is 0.494 e. The maximum Gasteiger partial charge on any atom is 0.257 e. The third-order valence-electron chi connectivity index (χ3n) is 3.79.